The maximum absolute atomic E-state index is 14.0. The number of ether oxygens (including phenoxy) is 2. The van der Waals surface area contributed by atoms with Crippen LogP contribution in [0.3, 0.4) is 0 Å². The van der Waals surface area contributed by atoms with Crippen LogP contribution in [0.15, 0.2) is 53.8 Å². The molecule has 1 atom stereocenters. The third-order valence-corrected chi connectivity index (χ3v) is 12.7. The van der Waals surface area contributed by atoms with Crippen LogP contribution in [0.4, 0.5) is 5.82 Å². The smallest absolute Gasteiger partial charge is 0.318 e. The Morgan fingerprint density at radius 3 is 2.40 bits per heavy atom. The Hall–Kier alpha value is -3.28. The molecule has 0 bridgehead atoms. The van der Waals surface area contributed by atoms with Gasteiger partial charge in [0.15, 0.2) is 0 Å². The molecule has 1 aromatic carbocycles. The standard InChI is InChI=1S/C36H50N6O4S/c1-28-24-32(45-3)25-29(2)34(28)47(43,44)42-21-5-4-11-31(42)27-46-35-38-17-12-33(39-35)41-22-14-36(15-23-41,30-10-8-16-37-26-30)13-9-20-40-18-6-7-19-40/h8,10,12,16-17,24-26,31H,4-7,9,11,13-15,18-23,27H2,1-3H3. The molecule has 11 heteroatoms. The molecule has 47 heavy (non-hydrogen) atoms. The summed E-state index contributed by atoms with van der Waals surface area (Å²) >= 11 is 0. The lowest BCUT2D eigenvalue weighted by Crippen LogP contribution is -2.47. The molecule has 10 nitrogen and oxygen atoms in total. The lowest BCUT2D eigenvalue weighted by Gasteiger charge is -2.43. The molecule has 5 heterocycles. The van der Waals surface area contributed by atoms with E-state index in [2.05, 4.69) is 38.1 Å². The van der Waals surface area contributed by atoms with Gasteiger partial charge in [-0.2, -0.15) is 9.29 Å². The first kappa shape index (κ1) is 33.6. The molecule has 3 fully saturated rings. The van der Waals surface area contributed by atoms with E-state index in [0.717, 1.165) is 57.4 Å². The van der Waals surface area contributed by atoms with Crippen LogP contribution in [0.5, 0.6) is 11.8 Å². The van der Waals surface area contributed by atoms with Crippen molar-refractivity contribution in [2.24, 2.45) is 0 Å². The largest absolute Gasteiger partial charge is 0.497 e. The number of aromatic nitrogens is 3. The molecule has 6 rings (SSSR count). The van der Waals surface area contributed by atoms with Crippen LogP contribution >= 0.6 is 0 Å². The van der Waals surface area contributed by atoms with Crippen molar-refractivity contribution in [3.63, 3.8) is 0 Å². The van der Waals surface area contributed by atoms with Gasteiger partial charge in [0.05, 0.1) is 18.0 Å². The van der Waals surface area contributed by atoms with Crippen LogP contribution in [0.25, 0.3) is 0 Å². The van der Waals surface area contributed by atoms with Gasteiger partial charge in [-0.15, -0.1) is 0 Å². The van der Waals surface area contributed by atoms with Gasteiger partial charge in [0.25, 0.3) is 0 Å². The van der Waals surface area contributed by atoms with Gasteiger partial charge in [0.1, 0.15) is 18.2 Å². The van der Waals surface area contributed by atoms with Crippen molar-refractivity contribution in [3.05, 3.63) is 65.6 Å². The van der Waals surface area contributed by atoms with Crippen LogP contribution < -0.4 is 14.4 Å². The third-order valence-electron chi connectivity index (χ3n) is 10.5. The Morgan fingerprint density at radius 1 is 0.957 bits per heavy atom. The minimum atomic E-state index is -3.73. The first-order valence-corrected chi connectivity index (χ1v) is 18.7. The Balaban J connectivity index is 1.11. The summed E-state index contributed by atoms with van der Waals surface area (Å²) in [6.07, 6.45) is 15.3. The fraction of sp³-hybridized carbons (Fsp3) is 0.583. The fourth-order valence-corrected chi connectivity index (χ4v) is 10.0. The number of hydrogen-bond acceptors (Lipinski definition) is 9. The molecule has 0 N–H and O–H groups in total. The summed E-state index contributed by atoms with van der Waals surface area (Å²) in [5.41, 5.74) is 2.83. The number of piperidine rings is 2. The number of rotatable bonds is 12. The highest BCUT2D eigenvalue weighted by atomic mass is 32.2. The molecule has 3 aliphatic rings. The zero-order chi connectivity index (χ0) is 32.9. The molecule has 3 saturated heterocycles. The lowest BCUT2D eigenvalue weighted by atomic mass is 9.70. The SMILES string of the molecule is COc1cc(C)c(S(=O)(=O)N2CCCCC2COc2nccc(N3CCC(CCCN4CCCC4)(c4cccnc4)CC3)n2)c(C)c1. The van der Waals surface area contributed by atoms with Crippen LogP contribution in [-0.4, -0.2) is 91.6 Å². The summed E-state index contributed by atoms with van der Waals surface area (Å²) in [6, 6.07) is 9.82. The summed E-state index contributed by atoms with van der Waals surface area (Å²) in [7, 11) is -2.14. The normalized spacial score (nSPS) is 20.7. The van der Waals surface area contributed by atoms with Gasteiger partial charge in [-0.3, -0.25) is 4.98 Å². The van der Waals surface area contributed by atoms with E-state index in [4.69, 9.17) is 14.5 Å². The molecule has 0 aliphatic carbocycles. The van der Waals surface area contributed by atoms with Crippen molar-refractivity contribution in [1.82, 2.24) is 24.2 Å². The van der Waals surface area contributed by atoms with Crippen molar-refractivity contribution in [2.45, 2.75) is 88.0 Å². The number of hydrogen-bond donors (Lipinski definition) is 0. The van der Waals surface area contributed by atoms with E-state index in [0.29, 0.717) is 28.3 Å². The predicted octanol–water partition coefficient (Wildman–Crippen LogP) is 5.53. The number of likely N-dealkylation sites (tertiary alicyclic amines) is 1. The van der Waals surface area contributed by atoms with E-state index >= 15 is 0 Å². The van der Waals surface area contributed by atoms with Crippen LogP contribution in [0.1, 0.15) is 74.5 Å². The molecule has 0 spiro atoms. The number of aryl methyl sites for hydroxylation is 2. The molecule has 254 valence electrons. The predicted molar refractivity (Wildman–Crippen MR) is 184 cm³/mol. The molecule has 0 radical (unpaired) electrons. The van der Waals surface area contributed by atoms with Crippen LogP contribution in [0.2, 0.25) is 0 Å². The maximum atomic E-state index is 14.0. The summed E-state index contributed by atoms with van der Waals surface area (Å²) in [5, 5.41) is 0. The third kappa shape index (κ3) is 7.57. The number of methoxy groups -OCH3 is 1. The molecular formula is C36H50N6O4S. The minimum Gasteiger partial charge on any atom is -0.497 e. The molecule has 3 aliphatic heterocycles. The first-order chi connectivity index (χ1) is 22.8. The van der Waals surface area contributed by atoms with Crippen LogP contribution in [-0.2, 0) is 15.4 Å². The molecule has 2 aromatic heterocycles. The number of benzene rings is 1. The summed E-state index contributed by atoms with van der Waals surface area (Å²) in [4.78, 5) is 19.0. The average Bonchev–Trinajstić information content (AvgIpc) is 3.61. The lowest BCUT2D eigenvalue weighted by molar-refractivity contribution is 0.161. The topological polar surface area (TPSA) is 101 Å². The van der Waals surface area contributed by atoms with E-state index in [1.807, 2.05) is 26.1 Å². The second-order valence-electron chi connectivity index (χ2n) is 13.5. The Morgan fingerprint density at radius 2 is 1.70 bits per heavy atom. The second kappa shape index (κ2) is 14.9. The van der Waals surface area contributed by atoms with E-state index in [1.165, 1.54) is 44.5 Å². The molecule has 0 amide bonds. The maximum Gasteiger partial charge on any atom is 0.318 e. The van der Waals surface area contributed by atoms with E-state index in [9.17, 15) is 8.42 Å². The van der Waals surface area contributed by atoms with E-state index < -0.39 is 10.0 Å². The van der Waals surface area contributed by atoms with E-state index in [1.54, 1.807) is 29.7 Å². The van der Waals surface area contributed by atoms with Crippen molar-refractivity contribution in [1.29, 1.82) is 0 Å². The second-order valence-corrected chi connectivity index (χ2v) is 15.4. The van der Waals surface area contributed by atoms with Crippen molar-refractivity contribution in [3.8, 4) is 11.8 Å². The molecule has 0 saturated carbocycles. The highest BCUT2D eigenvalue weighted by molar-refractivity contribution is 7.89. The average molecular weight is 663 g/mol. The van der Waals surface area contributed by atoms with Crippen molar-refractivity contribution < 1.29 is 17.9 Å². The summed E-state index contributed by atoms with van der Waals surface area (Å²) in [5.74, 6) is 1.51. The monoisotopic (exact) mass is 662 g/mol. The van der Waals surface area contributed by atoms with Crippen molar-refractivity contribution in [2.75, 3.05) is 57.9 Å². The van der Waals surface area contributed by atoms with Crippen LogP contribution in [0, 0.1) is 13.8 Å². The fourth-order valence-electron chi connectivity index (χ4n) is 7.93. The van der Waals surface area contributed by atoms with Gasteiger partial charge in [-0.25, -0.2) is 13.4 Å². The Labute approximate surface area is 280 Å². The molecule has 1 unspecified atom stereocenters. The highest BCUT2D eigenvalue weighted by Gasteiger charge is 2.38. The summed E-state index contributed by atoms with van der Waals surface area (Å²) in [6.45, 7) is 9.77. The van der Waals surface area contributed by atoms with Gasteiger partial charge in [-0.05, 0) is 126 Å². The Kier molecular flexibility index (Phi) is 10.6. The van der Waals surface area contributed by atoms with Gasteiger partial charge in [-0.1, -0.05) is 12.5 Å². The first-order valence-electron chi connectivity index (χ1n) is 17.3. The number of sulfonamides is 1. The number of pyridine rings is 1. The zero-order valence-electron chi connectivity index (χ0n) is 28.2. The number of nitrogens with zero attached hydrogens (tertiary/aromatic N) is 6. The van der Waals surface area contributed by atoms with Gasteiger partial charge < -0.3 is 19.3 Å². The van der Waals surface area contributed by atoms with E-state index in [-0.39, 0.29) is 24.1 Å². The number of anilines is 1. The zero-order valence-corrected chi connectivity index (χ0v) is 29.1. The molecule has 3 aromatic rings. The van der Waals surface area contributed by atoms with Gasteiger partial charge >= 0.3 is 6.01 Å². The van der Waals surface area contributed by atoms with Crippen molar-refractivity contribution >= 4 is 15.8 Å². The molecular weight excluding hydrogens is 613 g/mol. The Bertz CT molecular complexity index is 1570. The quantitative estimate of drug-likeness (QED) is 0.248. The highest BCUT2D eigenvalue weighted by Crippen LogP contribution is 2.40. The summed E-state index contributed by atoms with van der Waals surface area (Å²) < 4.78 is 41.1. The van der Waals surface area contributed by atoms with Gasteiger partial charge in [0.2, 0.25) is 10.0 Å². The van der Waals surface area contributed by atoms with Gasteiger partial charge in [0, 0.05) is 43.6 Å². The minimum absolute atomic E-state index is 0.118.